The van der Waals surface area contributed by atoms with E-state index in [1.807, 2.05) is 16.8 Å². The molecule has 50 valence electrons. The number of aromatic amines is 1. The second-order valence-corrected chi connectivity index (χ2v) is 2.81. The summed E-state index contributed by atoms with van der Waals surface area (Å²) in [6.45, 7) is 0. The lowest BCUT2D eigenvalue weighted by atomic mass is 10.3. The quantitative estimate of drug-likeness (QED) is 0.609. The average molecular weight is 151 g/mol. The summed E-state index contributed by atoms with van der Waals surface area (Å²) in [5.74, 6) is 0. The van der Waals surface area contributed by atoms with Gasteiger partial charge in [0, 0.05) is 22.2 Å². The number of hydrogen-bond acceptors (Lipinski definition) is 2. The third-order valence-corrected chi connectivity index (χ3v) is 2.13. The minimum atomic E-state index is -0.0362. The number of hydrogen-bond donors (Lipinski definition) is 1. The van der Waals surface area contributed by atoms with Gasteiger partial charge in [0.05, 0.1) is 5.52 Å². The molecule has 0 fully saturated rings. The molecule has 1 N–H and O–H groups in total. The molecule has 3 heteroatoms. The zero-order valence-corrected chi connectivity index (χ0v) is 5.94. The van der Waals surface area contributed by atoms with Gasteiger partial charge in [-0.05, 0) is 6.07 Å². The maximum Gasteiger partial charge on any atom is 0.248 e. The van der Waals surface area contributed by atoms with E-state index in [9.17, 15) is 4.79 Å². The van der Waals surface area contributed by atoms with Gasteiger partial charge in [0.1, 0.15) is 0 Å². The van der Waals surface area contributed by atoms with Crippen molar-refractivity contribution >= 4 is 22.2 Å². The first-order valence-corrected chi connectivity index (χ1v) is 3.86. The third-order valence-electron chi connectivity index (χ3n) is 1.36. The van der Waals surface area contributed by atoms with E-state index in [4.69, 9.17) is 0 Å². The molecule has 0 aliphatic rings. The topological polar surface area (TPSA) is 32.9 Å². The van der Waals surface area contributed by atoms with E-state index in [2.05, 4.69) is 4.98 Å². The molecular weight excluding hydrogens is 146 g/mol. The van der Waals surface area contributed by atoms with Crippen LogP contribution in [0.25, 0.3) is 10.9 Å². The summed E-state index contributed by atoms with van der Waals surface area (Å²) in [5.41, 5.74) is 0.892. The summed E-state index contributed by atoms with van der Waals surface area (Å²) >= 11 is 1.59. The minimum Gasteiger partial charge on any atom is -0.321 e. The van der Waals surface area contributed by atoms with Gasteiger partial charge >= 0.3 is 0 Å². The van der Waals surface area contributed by atoms with Crippen LogP contribution in [-0.2, 0) is 0 Å². The normalized spacial score (nSPS) is 10.4. The van der Waals surface area contributed by atoms with Gasteiger partial charge in [-0.15, -0.1) is 11.3 Å². The van der Waals surface area contributed by atoms with Gasteiger partial charge in [-0.1, -0.05) is 0 Å². The molecule has 0 amide bonds. The molecule has 0 atom stereocenters. The van der Waals surface area contributed by atoms with Crippen LogP contribution in [0.15, 0.2) is 27.7 Å². The Kier molecular flexibility index (Phi) is 1.11. The Labute approximate surface area is 61.1 Å². The largest absolute Gasteiger partial charge is 0.321 e. The van der Waals surface area contributed by atoms with Crippen LogP contribution in [0, 0.1) is 0 Å². The number of nitrogens with one attached hydrogen (secondary N) is 1. The summed E-state index contributed by atoms with van der Waals surface area (Å²) in [7, 11) is 0. The van der Waals surface area contributed by atoms with Crippen molar-refractivity contribution in [2.24, 2.45) is 0 Å². The summed E-state index contributed by atoms with van der Waals surface area (Å²) in [6, 6.07) is 3.36. The van der Waals surface area contributed by atoms with Crippen LogP contribution in [-0.4, -0.2) is 4.98 Å². The molecule has 2 rings (SSSR count). The Morgan fingerprint density at radius 3 is 3.10 bits per heavy atom. The monoisotopic (exact) mass is 151 g/mol. The smallest absolute Gasteiger partial charge is 0.248 e. The van der Waals surface area contributed by atoms with E-state index in [-0.39, 0.29) is 5.56 Å². The lowest BCUT2D eigenvalue weighted by Gasteiger charge is -1.84. The van der Waals surface area contributed by atoms with Crippen LogP contribution in [0.1, 0.15) is 0 Å². The van der Waals surface area contributed by atoms with E-state index in [1.165, 1.54) is 6.07 Å². The molecule has 0 unspecified atom stereocenters. The van der Waals surface area contributed by atoms with Crippen molar-refractivity contribution in [2.45, 2.75) is 0 Å². The fourth-order valence-electron chi connectivity index (χ4n) is 0.877. The fraction of sp³-hybridized carbons (Fsp3) is 0. The average Bonchev–Trinajstić information content (AvgIpc) is 2.33. The van der Waals surface area contributed by atoms with Gasteiger partial charge in [0.15, 0.2) is 0 Å². The highest BCUT2D eigenvalue weighted by Crippen LogP contribution is 2.13. The lowest BCUT2D eigenvalue weighted by Crippen LogP contribution is -2.00. The molecule has 2 nitrogen and oxygen atoms in total. The van der Waals surface area contributed by atoms with E-state index in [1.54, 1.807) is 11.3 Å². The minimum absolute atomic E-state index is 0.0362. The molecule has 2 heterocycles. The van der Waals surface area contributed by atoms with Crippen molar-refractivity contribution in [2.75, 3.05) is 0 Å². The molecule has 0 aliphatic carbocycles. The zero-order chi connectivity index (χ0) is 6.97. The Bertz CT molecular complexity index is 401. The third kappa shape index (κ3) is 0.752. The summed E-state index contributed by atoms with van der Waals surface area (Å²) < 4.78 is 0. The van der Waals surface area contributed by atoms with E-state index in [0.717, 1.165) is 10.9 Å². The fourth-order valence-corrected chi connectivity index (χ4v) is 1.63. The molecule has 0 bridgehead atoms. The van der Waals surface area contributed by atoms with Crippen LogP contribution in [0.4, 0.5) is 0 Å². The van der Waals surface area contributed by atoms with Gasteiger partial charge in [-0.25, -0.2) is 0 Å². The molecule has 0 aromatic carbocycles. The highest BCUT2D eigenvalue weighted by atomic mass is 32.1. The van der Waals surface area contributed by atoms with Crippen LogP contribution in [0.3, 0.4) is 0 Å². The number of aromatic nitrogens is 1. The predicted molar refractivity (Wildman–Crippen MR) is 42.4 cm³/mol. The highest BCUT2D eigenvalue weighted by Gasteiger charge is 1.91. The van der Waals surface area contributed by atoms with Crippen LogP contribution in [0.2, 0.25) is 0 Å². The number of pyridine rings is 1. The first-order valence-electron chi connectivity index (χ1n) is 2.91. The van der Waals surface area contributed by atoms with Gasteiger partial charge in [-0.3, -0.25) is 4.79 Å². The molecule has 0 aliphatic heterocycles. The van der Waals surface area contributed by atoms with E-state index in [0.29, 0.717) is 0 Å². The standard InChI is InChI=1S/C7H5NOS/c9-7-2-1-5-3-10-4-6(5)8-7/h1-4H,(H,8,9). The van der Waals surface area contributed by atoms with Crippen molar-refractivity contribution in [1.29, 1.82) is 0 Å². The maximum absolute atomic E-state index is 10.7. The van der Waals surface area contributed by atoms with Gasteiger partial charge < -0.3 is 4.98 Å². The highest BCUT2D eigenvalue weighted by molar-refractivity contribution is 7.09. The van der Waals surface area contributed by atoms with Gasteiger partial charge in [-0.2, -0.15) is 0 Å². The summed E-state index contributed by atoms with van der Waals surface area (Å²) in [6.07, 6.45) is 0. The SMILES string of the molecule is O=c1ccc2cscc2[nH]1. The van der Waals surface area contributed by atoms with Crippen molar-refractivity contribution in [3.05, 3.63) is 33.2 Å². The van der Waals surface area contributed by atoms with Crippen LogP contribution in [0.5, 0.6) is 0 Å². The first kappa shape index (κ1) is 5.68. The van der Waals surface area contributed by atoms with Gasteiger partial charge in [0.25, 0.3) is 0 Å². The number of thiophene rings is 1. The molecule has 0 spiro atoms. The summed E-state index contributed by atoms with van der Waals surface area (Å²) in [4.78, 5) is 13.5. The Hall–Kier alpha value is -1.09. The second kappa shape index (κ2) is 1.95. The zero-order valence-electron chi connectivity index (χ0n) is 5.13. The van der Waals surface area contributed by atoms with E-state index < -0.39 is 0 Å². The Morgan fingerprint density at radius 1 is 1.30 bits per heavy atom. The predicted octanol–water partition coefficient (Wildman–Crippen LogP) is 1.59. The van der Waals surface area contributed by atoms with E-state index >= 15 is 0 Å². The van der Waals surface area contributed by atoms with Crippen LogP contribution < -0.4 is 5.56 Å². The molecule has 2 aromatic rings. The first-order chi connectivity index (χ1) is 4.86. The summed E-state index contributed by atoms with van der Waals surface area (Å²) in [5, 5.41) is 5.03. The van der Waals surface area contributed by atoms with Gasteiger partial charge in [0.2, 0.25) is 5.56 Å². The molecule has 0 radical (unpaired) electrons. The Morgan fingerprint density at radius 2 is 2.20 bits per heavy atom. The molecule has 10 heavy (non-hydrogen) atoms. The number of rotatable bonds is 0. The molecule has 2 aromatic heterocycles. The number of fused-ring (bicyclic) bond motifs is 1. The van der Waals surface area contributed by atoms with Crippen molar-refractivity contribution < 1.29 is 0 Å². The van der Waals surface area contributed by atoms with Crippen molar-refractivity contribution in [3.63, 3.8) is 0 Å². The van der Waals surface area contributed by atoms with Crippen molar-refractivity contribution in [3.8, 4) is 0 Å². The van der Waals surface area contributed by atoms with Crippen LogP contribution >= 0.6 is 11.3 Å². The second-order valence-electron chi connectivity index (χ2n) is 2.06. The molecular formula is C7H5NOS. The maximum atomic E-state index is 10.7. The number of H-pyrrole nitrogens is 1. The molecule has 0 saturated heterocycles. The Balaban J connectivity index is 2.99. The van der Waals surface area contributed by atoms with Crippen molar-refractivity contribution in [1.82, 2.24) is 4.98 Å². The lowest BCUT2D eigenvalue weighted by molar-refractivity contribution is 1.32. The molecule has 0 saturated carbocycles.